The number of carbonyl (C=O) groups excluding carboxylic acids is 1. The first-order valence-electron chi connectivity index (χ1n) is 11.0. The van der Waals surface area contributed by atoms with E-state index >= 15 is 0 Å². The normalized spacial score (nSPS) is 8.67. The summed E-state index contributed by atoms with van der Waals surface area (Å²) in [6.07, 6.45) is 7.35. The summed E-state index contributed by atoms with van der Waals surface area (Å²) >= 11 is 0. The minimum absolute atomic E-state index is 0.181. The Balaban J connectivity index is -0.000000179. The first-order valence-corrected chi connectivity index (χ1v) is 11.0. The second-order valence-electron chi connectivity index (χ2n) is 6.44. The van der Waals surface area contributed by atoms with E-state index in [2.05, 4.69) is 73.6 Å². The molecule has 2 rings (SSSR count). The summed E-state index contributed by atoms with van der Waals surface area (Å²) < 4.78 is 0. The summed E-state index contributed by atoms with van der Waals surface area (Å²) in [5, 5.41) is 8.61. The number of hydroxylamine groups is 1. The Morgan fingerprint density at radius 2 is 1.64 bits per heavy atom. The van der Waals surface area contributed by atoms with Crippen molar-refractivity contribution in [3.05, 3.63) is 85.6 Å². The number of hydrogen-bond acceptors (Lipinski definition) is 4. The van der Waals surface area contributed by atoms with Crippen LogP contribution < -0.4 is 11.2 Å². The van der Waals surface area contributed by atoms with Gasteiger partial charge in [0.05, 0.1) is 0 Å². The van der Waals surface area contributed by atoms with Crippen LogP contribution in [0.4, 0.5) is 0 Å². The first kappa shape index (κ1) is 37.4. The monoisotopic (exact) mass is 460 g/mol. The molecule has 5 N–H and O–H groups in total. The summed E-state index contributed by atoms with van der Waals surface area (Å²) in [5.41, 5.74) is 10.9. The van der Waals surface area contributed by atoms with E-state index in [0.717, 1.165) is 30.7 Å². The van der Waals surface area contributed by atoms with Crippen LogP contribution in [0.3, 0.4) is 0 Å². The Hall–Kier alpha value is -2.93. The van der Waals surface area contributed by atoms with Gasteiger partial charge in [0.15, 0.2) is 0 Å². The van der Waals surface area contributed by atoms with Crippen molar-refractivity contribution in [2.24, 2.45) is 5.73 Å². The molecule has 6 heteroatoms. The maximum Gasteiger partial charge on any atom is 0.230 e. The highest BCUT2D eigenvalue weighted by atomic mass is 16.5. The lowest BCUT2D eigenvalue weighted by Crippen LogP contribution is -2.13. The maximum atomic E-state index is 8.81. The number of para-hydroxylation sites is 1. The molecule has 188 valence electrons. The quantitative estimate of drug-likeness (QED) is 0.142. The van der Waals surface area contributed by atoms with E-state index < -0.39 is 0 Å². The predicted molar refractivity (Wildman–Crippen MR) is 148 cm³/mol. The van der Waals surface area contributed by atoms with E-state index in [1.165, 1.54) is 21.9 Å². The largest absolute Gasteiger partial charge is 0.361 e. The fraction of sp³-hybridized carbons (Fsp3) is 0.370. The third-order valence-corrected chi connectivity index (χ3v) is 3.23. The van der Waals surface area contributed by atoms with Crippen LogP contribution in [0.15, 0.2) is 80.1 Å². The van der Waals surface area contributed by atoms with Crippen molar-refractivity contribution >= 4 is 17.3 Å². The van der Waals surface area contributed by atoms with Crippen molar-refractivity contribution in [2.75, 3.05) is 27.2 Å². The number of H-pyrrole nitrogens is 1. The lowest BCUT2D eigenvalue weighted by molar-refractivity contribution is -0.116. The maximum absolute atomic E-state index is 8.81. The predicted octanol–water partition coefficient (Wildman–Crippen LogP) is 5.88. The molecule has 0 aliphatic rings. The standard InChI is InChI=1S/C10H11N.C10H17N.C2H7N.C2H6.C2H4.CH3NO2/c1-2-8-7-11-10-6-4-3-5-9(8)10;1-9(2)6-7-10(3)8-11(4)5;1-2-3;2*1-2;3-1-2-4/h3-7,11H,2H2,1H3;6-7H,1,3,8H2,2,4-5H3;2-3H2,1H3;1-2H3;1-2H2;1,4H,(H,2,3)/b;7-6-;;;;. The van der Waals surface area contributed by atoms with Crippen molar-refractivity contribution in [3.8, 4) is 0 Å². The first-order chi connectivity index (χ1) is 15.8. The van der Waals surface area contributed by atoms with Crippen LogP contribution in [-0.2, 0) is 11.2 Å². The molecule has 6 nitrogen and oxygen atoms in total. The minimum Gasteiger partial charge on any atom is -0.361 e. The van der Waals surface area contributed by atoms with E-state index in [0.29, 0.717) is 0 Å². The van der Waals surface area contributed by atoms with Crippen molar-refractivity contribution in [2.45, 2.75) is 41.0 Å². The molecular formula is C27H48N4O2. The number of rotatable bonds is 6. The SMILES string of the molecule is C=C.C=C(C)/C=C\C(=C)CN(C)C.CC.CCN.CCc1c[nH]c2ccccc12.O=CNO. The molecule has 0 spiro atoms. The summed E-state index contributed by atoms with van der Waals surface area (Å²) in [6, 6.07) is 8.40. The third kappa shape index (κ3) is 25.2. The Bertz CT molecular complexity index is 749. The third-order valence-electron chi connectivity index (χ3n) is 3.23. The number of amides is 1. The number of nitrogens with zero attached hydrogens (tertiary/aromatic N) is 1. The molecule has 0 aliphatic carbocycles. The molecule has 33 heavy (non-hydrogen) atoms. The molecule has 0 aliphatic heterocycles. The Labute approximate surface area is 202 Å². The van der Waals surface area contributed by atoms with Gasteiger partial charge in [-0.1, -0.05) is 76.8 Å². The zero-order chi connectivity index (χ0) is 26.7. The van der Waals surface area contributed by atoms with Crippen LogP contribution in [0.25, 0.3) is 10.9 Å². The summed E-state index contributed by atoms with van der Waals surface area (Å²) in [6.45, 7) is 25.4. The van der Waals surface area contributed by atoms with Crippen molar-refractivity contribution < 1.29 is 10.0 Å². The minimum atomic E-state index is 0.181. The van der Waals surface area contributed by atoms with Gasteiger partial charge in [-0.3, -0.25) is 10.0 Å². The van der Waals surface area contributed by atoms with Gasteiger partial charge in [-0.15, -0.1) is 13.2 Å². The van der Waals surface area contributed by atoms with Gasteiger partial charge in [0.2, 0.25) is 6.41 Å². The molecule has 0 fully saturated rings. The van der Waals surface area contributed by atoms with E-state index in [1.807, 2.05) is 53.9 Å². The highest BCUT2D eigenvalue weighted by Gasteiger charge is 1.98. The molecule has 1 amide bonds. The second-order valence-corrected chi connectivity index (χ2v) is 6.44. The molecule has 0 saturated heterocycles. The van der Waals surface area contributed by atoms with E-state index in [-0.39, 0.29) is 6.41 Å². The van der Waals surface area contributed by atoms with E-state index in [1.54, 1.807) is 0 Å². The molecule has 0 unspecified atom stereocenters. The van der Waals surface area contributed by atoms with Gasteiger partial charge in [0.1, 0.15) is 0 Å². The lowest BCUT2D eigenvalue weighted by atomic mass is 10.1. The van der Waals surface area contributed by atoms with Crippen molar-refractivity contribution in [1.29, 1.82) is 0 Å². The summed E-state index contributed by atoms with van der Waals surface area (Å²) in [4.78, 5) is 14.1. The summed E-state index contributed by atoms with van der Waals surface area (Å²) in [7, 11) is 4.06. The number of allylic oxidation sites excluding steroid dienone is 2. The number of hydrogen-bond donors (Lipinski definition) is 4. The van der Waals surface area contributed by atoms with Crippen LogP contribution in [-0.4, -0.2) is 48.7 Å². The zero-order valence-electron chi connectivity index (χ0n) is 21.9. The molecule has 1 heterocycles. The van der Waals surface area contributed by atoms with Gasteiger partial charge in [-0.25, -0.2) is 5.48 Å². The van der Waals surface area contributed by atoms with Gasteiger partial charge in [0, 0.05) is 23.6 Å². The van der Waals surface area contributed by atoms with Gasteiger partial charge in [-0.05, 0) is 51.2 Å². The second kappa shape index (κ2) is 29.1. The molecule has 0 atom stereocenters. The number of aryl methyl sites for hydroxylation is 1. The van der Waals surface area contributed by atoms with Crippen LogP contribution in [0.2, 0.25) is 0 Å². The van der Waals surface area contributed by atoms with Gasteiger partial charge in [0.25, 0.3) is 0 Å². The fourth-order valence-electron chi connectivity index (χ4n) is 2.14. The molecule has 0 bridgehead atoms. The number of carbonyl (C=O) groups is 1. The van der Waals surface area contributed by atoms with E-state index in [9.17, 15) is 0 Å². The summed E-state index contributed by atoms with van der Waals surface area (Å²) in [5.74, 6) is 0. The molecule has 0 saturated carbocycles. The molecular weight excluding hydrogens is 412 g/mol. The van der Waals surface area contributed by atoms with Gasteiger partial charge >= 0.3 is 0 Å². The number of aromatic nitrogens is 1. The number of nitrogens with one attached hydrogen (secondary N) is 2. The number of likely N-dealkylation sites (N-methyl/N-ethyl adjacent to an activating group) is 1. The topological polar surface area (TPSA) is 94.4 Å². The lowest BCUT2D eigenvalue weighted by Gasteiger charge is -2.08. The Morgan fingerprint density at radius 1 is 1.15 bits per heavy atom. The highest BCUT2D eigenvalue weighted by Crippen LogP contribution is 2.17. The number of benzene rings is 1. The van der Waals surface area contributed by atoms with Crippen LogP contribution in [0.1, 0.15) is 40.2 Å². The molecule has 1 aromatic carbocycles. The smallest absolute Gasteiger partial charge is 0.230 e. The molecule has 1 aromatic heterocycles. The average Bonchev–Trinajstić information content (AvgIpc) is 3.24. The van der Waals surface area contributed by atoms with Gasteiger partial charge < -0.3 is 15.6 Å². The Morgan fingerprint density at radius 3 is 2.03 bits per heavy atom. The number of nitrogens with two attached hydrogens (primary N) is 1. The fourth-order valence-corrected chi connectivity index (χ4v) is 2.14. The van der Waals surface area contributed by atoms with Crippen LogP contribution in [0, 0.1) is 0 Å². The Kier molecular flexibility index (Phi) is 32.9. The van der Waals surface area contributed by atoms with Gasteiger partial charge in [-0.2, -0.15) is 0 Å². The molecule has 0 radical (unpaired) electrons. The van der Waals surface area contributed by atoms with E-state index in [4.69, 9.17) is 15.7 Å². The zero-order valence-corrected chi connectivity index (χ0v) is 21.9. The van der Waals surface area contributed by atoms with Crippen molar-refractivity contribution in [3.63, 3.8) is 0 Å². The van der Waals surface area contributed by atoms with Crippen LogP contribution >= 0.6 is 0 Å². The molecule has 2 aromatic rings. The van der Waals surface area contributed by atoms with Crippen molar-refractivity contribution in [1.82, 2.24) is 15.4 Å². The highest BCUT2D eigenvalue weighted by molar-refractivity contribution is 5.82. The average molecular weight is 461 g/mol. The number of fused-ring (bicyclic) bond motifs is 1. The van der Waals surface area contributed by atoms with Crippen LogP contribution in [0.5, 0.6) is 0 Å². The number of aromatic amines is 1.